The zero-order valence-electron chi connectivity index (χ0n) is 15.7. The summed E-state index contributed by atoms with van der Waals surface area (Å²) in [5.41, 5.74) is 0.386. The van der Waals surface area contributed by atoms with Crippen molar-refractivity contribution in [3.8, 4) is 5.75 Å². The van der Waals surface area contributed by atoms with Crippen LogP contribution in [0, 0.1) is 0 Å². The number of nitrogens with zero attached hydrogens (tertiary/aromatic N) is 3. The lowest BCUT2D eigenvalue weighted by Crippen LogP contribution is -2.15. The summed E-state index contributed by atoms with van der Waals surface area (Å²) in [6.07, 6.45) is 0. The number of hydrogen-bond acceptors (Lipinski definition) is 5. The molecule has 0 saturated heterocycles. The van der Waals surface area contributed by atoms with E-state index in [1.54, 1.807) is 36.4 Å². The molecular weight excluding hydrogens is 490 g/mol. The van der Waals surface area contributed by atoms with E-state index in [1.807, 2.05) is 11.5 Å². The molecule has 1 heterocycles. The Balaban J connectivity index is 1.62. The van der Waals surface area contributed by atoms with Crippen molar-refractivity contribution in [1.82, 2.24) is 14.8 Å². The second-order valence-electron chi connectivity index (χ2n) is 5.94. The van der Waals surface area contributed by atoms with E-state index in [2.05, 4.69) is 15.5 Å². The summed E-state index contributed by atoms with van der Waals surface area (Å²) in [4.78, 5) is 12.3. The highest BCUT2D eigenvalue weighted by Crippen LogP contribution is 2.30. The summed E-state index contributed by atoms with van der Waals surface area (Å²) < 4.78 is 7.60. The van der Waals surface area contributed by atoms with Crippen LogP contribution in [0.15, 0.2) is 41.6 Å². The van der Waals surface area contributed by atoms with Crippen molar-refractivity contribution in [3.63, 3.8) is 0 Å². The predicted molar refractivity (Wildman–Crippen MR) is 122 cm³/mol. The number of carbonyl (C=O) groups excluding carboxylic acids is 1. The smallest absolute Gasteiger partial charge is 0.234 e. The number of thioether (sulfide) groups is 1. The molecule has 6 nitrogen and oxygen atoms in total. The van der Waals surface area contributed by atoms with E-state index in [9.17, 15) is 4.79 Å². The summed E-state index contributed by atoms with van der Waals surface area (Å²) >= 11 is 25.4. The lowest BCUT2D eigenvalue weighted by atomic mass is 10.3. The molecule has 0 unspecified atom stereocenters. The SMILES string of the molecule is CCn1c(COc2ccc(Cl)cc2Cl)nnc1SCC(=O)Nc1c(Cl)cccc1Cl. The number of nitrogens with one attached hydrogen (secondary N) is 1. The second kappa shape index (κ2) is 10.6. The highest BCUT2D eigenvalue weighted by Gasteiger charge is 2.16. The maximum absolute atomic E-state index is 12.3. The predicted octanol–water partition coefficient (Wildman–Crippen LogP) is 6.22. The van der Waals surface area contributed by atoms with Crippen molar-refractivity contribution in [2.45, 2.75) is 25.2 Å². The van der Waals surface area contributed by atoms with Crippen LogP contribution in [0.25, 0.3) is 0 Å². The van der Waals surface area contributed by atoms with Gasteiger partial charge < -0.3 is 14.6 Å². The Bertz CT molecular complexity index is 1040. The van der Waals surface area contributed by atoms with Crippen molar-refractivity contribution >= 4 is 69.8 Å². The monoisotopic (exact) mass is 504 g/mol. The van der Waals surface area contributed by atoms with E-state index < -0.39 is 0 Å². The molecular formula is C19H16Cl4N4O2S. The molecule has 0 spiro atoms. The molecule has 30 heavy (non-hydrogen) atoms. The van der Waals surface area contributed by atoms with Crippen LogP contribution in [-0.2, 0) is 17.9 Å². The number of rotatable bonds is 8. The number of carbonyl (C=O) groups is 1. The van der Waals surface area contributed by atoms with Gasteiger partial charge in [0.05, 0.1) is 26.5 Å². The molecule has 0 aliphatic rings. The number of ether oxygens (including phenoxy) is 1. The topological polar surface area (TPSA) is 69.0 Å². The Morgan fingerprint density at radius 2 is 1.83 bits per heavy atom. The van der Waals surface area contributed by atoms with Gasteiger partial charge in [-0.3, -0.25) is 4.79 Å². The molecule has 158 valence electrons. The standard InChI is InChI=1S/C19H16Cl4N4O2S/c1-2-27-16(9-29-15-7-6-11(20)8-14(15)23)25-26-19(27)30-10-17(28)24-18-12(21)4-3-5-13(18)22/h3-8H,2,9-10H2,1H3,(H,24,28). The Labute approximate surface area is 197 Å². The van der Waals surface area contributed by atoms with Crippen LogP contribution in [0.1, 0.15) is 12.7 Å². The van der Waals surface area contributed by atoms with Gasteiger partial charge in [-0.2, -0.15) is 0 Å². The van der Waals surface area contributed by atoms with Crippen LogP contribution in [0.5, 0.6) is 5.75 Å². The van der Waals surface area contributed by atoms with Gasteiger partial charge in [0.1, 0.15) is 12.4 Å². The number of para-hydroxylation sites is 1. The molecule has 0 fully saturated rings. The van der Waals surface area contributed by atoms with Crippen molar-refractivity contribution in [2.75, 3.05) is 11.1 Å². The van der Waals surface area contributed by atoms with Gasteiger partial charge in [0.15, 0.2) is 11.0 Å². The molecule has 0 aliphatic carbocycles. The number of benzene rings is 2. The number of aromatic nitrogens is 3. The Morgan fingerprint density at radius 1 is 1.10 bits per heavy atom. The molecule has 3 rings (SSSR count). The first-order chi connectivity index (χ1) is 14.4. The fraction of sp³-hybridized carbons (Fsp3) is 0.211. The normalized spacial score (nSPS) is 10.8. The van der Waals surface area contributed by atoms with Gasteiger partial charge in [-0.05, 0) is 37.3 Å². The molecule has 1 aromatic heterocycles. The molecule has 0 bridgehead atoms. The molecule has 0 saturated carbocycles. The molecule has 0 atom stereocenters. The van der Waals surface area contributed by atoms with Crippen LogP contribution in [0.3, 0.4) is 0 Å². The van der Waals surface area contributed by atoms with E-state index in [0.717, 1.165) is 0 Å². The summed E-state index contributed by atoms with van der Waals surface area (Å²) in [6, 6.07) is 10.0. The van der Waals surface area contributed by atoms with Crippen LogP contribution >= 0.6 is 58.2 Å². The van der Waals surface area contributed by atoms with Crippen LogP contribution < -0.4 is 10.1 Å². The number of hydrogen-bond donors (Lipinski definition) is 1. The van der Waals surface area contributed by atoms with E-state index in [4.69, 9.17) is 51.1 Å². The highest BCUT2D eigenvalue weighted by molar-refractivity contribution is 7.99. The average molecular weight is 506 g/mol. The minimum Gasteiger partial charge on any atom is -0.484 e. The summed E-state index contributed by atoms with van der Waals surface area (Å²) in [5, 5.41) is 13.3. The van der Waals surface area contributed by atoms with Gasteiger partial charge in [0, 0.05) is 11.6 Å². The minimum absolute atomic E-state index is 0.115. The van der Waals surface area contributed by atoms with E-state index >= 15 is 0 Å². The maximum Gasteiger partial charge on any atom is 0.234 e. The zero-order chi connectivity index (χ0) is 21.7. The summed E-state index contributed by atoms with van der Waals surface area (Å²) in [6.45, 7) is 2.74. The molecule has 0 radical (unpaired) electrons. The second-order valence-corrected chi connectivity index (χ2v) is 8.54. The zero-order valence-corrected chi connectivity index (χ0v) is 19.5. The van der Waals surface area contributed by atoms with Gasteiger partial charge in [-0.1, -0.05) is 64.2 Å². The van der Waals surface area contributed by atoms with Crippen LogP contribution in [0.4, 0.5) is 5.69 Å². The number of amides is 1. The lowest BCUT2D eigenvalue weighted by molar-refractivity contribution is -0.113. The molecule has 11 heteroatoms. The third-order valence-electron chi connectivity index (χ3n) is 3.92. The highest BCUT2D eigenvalue weighted by atomic mass is 35.5. The molecule has 1 N–H and O–H groups in total. The van der Waals surface area contributed by atoms with Crippen molar-refractivity contribution in [2.24, 2.45) is 0 Å². The Hall–Kier alpha value is -1.64. The third-order valence-corrected chi connectivity index (χ3v) is 6.05. The van der Waals surface area contributed by atoms with E-state index in [0.29, 0.717) is 49.1 Å². The fourth-order valence-electron chi connectivity index (χ4n) is 2.51. The molecule has 0 aliphatic heterocycles. The van der Waals surface area contributed by atoms with Crippen molar-refractivity contribution in [3.05, 3.63) is 62.3 Å². The summed E-state index contributed by atoms with van der Waals surface area (Å²) in [5.74, 6) is 0.965. The number of halogens is 4. The number of anilines is 1. The first-order valence-electron chi connectivity index (χ1n) is 8.75. The average Bonchev–Trinajstić information content (AvgIpc) is 3.10. The Morgan fingerprint density at radius 3 is 2.50 bits per heavy atom. The van der Waals surface area contributed by atoms with Crippen LogP contribution in [-0.4, -0.2) is 26.4 Å². The quantitative estimate of drug-likeness (QED) is 0.368. The van der Waals surface area contributed by atoms with Gasteiger partial charge in [-0.15, -0.1) is 10.2 Å². The van der Waals surface area contributed by atoms with E-state index in [1.165, 1.54) is 11.8 Å². The summed E-state index contributed by atoms with van der Waals surface area (Å²) in [7, 11) is 0. The lowest BCUT2D eigenvalue weighted by Gasteiger charge is -2.11. The van der Waals surface area contributed by atoms with Crippen LogP contribution in [0.2, 0.25) is 20.1 Å². The fourth-order valence-corrected chi connectivity index (χ4v) is 4.28. The molecule has 2 aromatic carbocycles. The van der Waals surface area contributed by atoms with Gasteiger partial charge in [0.2, 0.25) is 5.91 Å². The molecule has 1 amide bonds. The van der Waals surface area contributed by atoms with Gasteiger partial charge in [-0.25, -0.2) is 0 Å². The van der Waals surface area contributed by atoms with Crippen molar-refractivity contribution in [1.29, 1.82) is 0 Å². The third kappa shape index (κ3) is 5.74. The van der Waals surface area contributed by atoms with Crippen molar-refractivity contribution < 1.29 is 9.53 Å². The maximum atomic E-state index is 12.3. The first kappa shape index (κ1) is 23.0. The van der Waals surface area contributed by atoms with E-state index in [-0.39, 0.29) is 18.3 Å². The van der Waals surface area contributed by atoms with Gasteiger partial charge in [0.25, 0.3) is 0 Å². The molecule has 3 aromatic rings. The first-order valence-corrected chi connectivity index (χ1v) is 11.3. The minimum atomic E-state index is -0.258. The van der Waals surface area contributed by atoms with Gasteiger partial charge >= 0.3 is 0 Å². The Kier molecular flexibility index (Phi) is 8.13. The largest absolute Gasteiger partial charge is 0.484 e.